The van der Waals surface area contributed by atoms with E-state index in [0.29, 0.717) is 35.3 Å². The summed E-state index contributed by atoms with van der Waals surface area (Å²) in [6.07, 6.45) is 9.73. The normalized spacial score (nSPS) is 26.0. The maximum Gasteiger partial charge on any atom is 0.255 e. The van der Waals surface area contributed by atoms with Crippen LogP contribution in [0.5, 0.6) is 17.2 Å². The number of nitrogens with one attached hydrogen (secondary N) is 3. The van der Waals surface area contributed by atoms with Gasteiger partial charge in [0.05, 0.1) is 24.9 Å². The average molecular weight is 860 g/mol. The highest BCUT2D eigenvalue weighted by atomic mass is 16.5. The summed E-state index contributed by atoms with van der Waals surface area (Å²) in [5, 5.41) is 8.31. The Labute approximate surface area is 370 Å². The minimum Gasteiger partial charge on any atom is -0.496 e. The molecule has 3 N–H and O–H groups in total. The first-order valence-corrected chi connectivity index (χ1v) is 22.3. The third-order valence-electron chi connectivity index (χ3n) is 14.3. The number of rotatable bonds is 11. The molecule has 0 bridgehead atoms. The summed E-state index contributed by atoms with van der Waals surface area (Å²) in [5.41, 5.74) is 4.19. The number of anilines is 1. The second kappa shape index (κ2) is 17.2. The second-order valence-corrected chi connectivity index (χ2v) is 19.4. The van der Waals surface area contributed by atoms with Gasteiger partial charge in [-0.1, -0.05) is 33.6 Å². The zero-order chi connectivity index (χ0) is 44.8. The van der Waals surface area contributed by atoms with Gasteiger partial charge in [-0.05, 0) is 92.8 Å². The Balaban J connectivity index is 0.795. The van der Waals surface area contributed by atoms with Crippen molar-refractivity contribution in [3.05, 3.63) is 82.4 Å². The van der Waals surface area contributed by atoms with Crippen molar-refractivity contribution in [2.24, 2.45) is 10.8 Å². The minimum atomic E-state index is -0.774. The molecular formula is C50H61N5O8. The molecule has 3 aromatic rings. The van der Waals surface area contributed by atoms with E-state index >= 15 is 0 Å². The van der Waals surface area contributed by atoms with E-state index in [1.807, 2.05) is 38.1 Å². The lowest BCUT2D eigenvalue weighted by molar-refractivity contribution is -0.164. The summed E-state index contributed by atoms with van der Waals surface area (Å²) < 4.78 is 25.0. The van der Waals surface area contributed by atoms with E-state index in [1.165, 1.54) is 7.11 Å². The third-order valence-corrected chi connectivity index (χ3v) is 14.3. The Hall–Kier alpha value is -5.58. The molecule has 13 heteroatoms. The number of ether oxygens (including phenoxy) is 4. The van der Waals surface area contributed by atoms with Gasteiger partial charge in [-0.15, -0.1) is 6.42 Å². The molecular weight excluding hydrogens is 799 g/mol. The molecule has 3 heterocycles. The number of carbonyl (C=O) groups is 4. The Bertz CT molecular complexity index is 2260. The molecule has 0 aromatic heterocycles. The van der Waals surface area contributed by atoms with Gasteiger partial charge in [-0.25, -0.2) is 0 Å². The van der Waals surface area contributed by atoms with Crippen LogP contribution in [-0.2, 0) is 14.3 Å². The molecule has 1 spiro atoms. The maximum atomic E-state index is 13.6. The van der Waals surface area contributed by atoms with Gasteiger partial charge in [0.1, 0.15) is 35.5 Å². The SMILES string of the molecule is C#Cc1c(C)cc(OC2C(C)(C)C(NC(=O)c3ccc(N4CCC5(CC4)CN(C4CC(Oc6ccc(C(=O)N[C@H]7CCC(=O)NC7=O)c(OC)c6)C4)CCO5)cc3)C2(C)C)cc1C. The fourth-order valence-corrected chi connectivity index (χ4v) is 11.0. The van der Waals surface area contributed by atoms with E-state index in [2.05, 4.69) is 71.5 Å². The number of terminal acetylenes is 1. The van der Waals surface area contributed by atoms with Gasteiger partial charge in [0.15, 0.2) is 0 Å². The first-order valence-electron chi connectivity index (χ1n) is 22.3. The highest BCUT2D eigenvalue weighted by molar-refractivity contribution is 6.04. The number of carbonyl (C=O) groups excluding carboxylic acids is 4. The van der Waals surface area contributed by atoms with Gasteiger partial charge in [-0.3, -0.25) is 29.4 Å². The molecule has 5 aliphatic rings. The Morgan fingerprint density at radius 2 is 1.56 bits per heavy atom. The third kappa shape index (κ3) is 8.72. The van der Waals surface area contributed by atoms with Crippen LogP contribution in [0.15, 0.2) is 54.6 Å². The summed E-state index contributed by atoms with van der Waals surface area (Å²) in [5.74, 6) is 3.17. The van der Waals surface area contributed by atoms with Crippen molar-refractivity contribution in [3.63, 3.8) is 0 Å². The number of hydrogen-bond donors (Lipinski definition) is 3. The van der Waals surface area contributed by atoms with E-state index in [1.54, 1.807) is 18.2 Å². The zero-order valence-electron chi connectivity index (χ0n) is 37.6. The van der Waals surface area contributed by atoms with Crippen LogP contribution in [0.25, 0.3) is 0 Å². The number of amides is 4. The molecule has 0 unspecified atom stereocenters. The van der Waals surface area contributed by atoms with Gasteiger partial charge < -0.3 is 34.5 Å². The molecule has 2 aliphatic carbocycles. The number of hydrogen-bond acceptors (Lipinski definition) is 10. The van der Waals surface area contributed by atoms with Crippen molar-refractivity contribution in [2.45, 2.75) is 116 Å². The summed E-state index contributed by atoms with van der Waals surface area (Å²) >= 11 is 0. The van der Waals surface area contributed by atoms with Crippen LogP contribution in [0.4, 0.5) is 5.69 Å². The molecule has 0 radical (unpaired) electrons. The van der Waals surface area contributed by atoms with Crippen LogP contribution in [0.1, 0.15) is 104 Å². The van der Waals surface area contributed by atoms with Crippen LogP contribution in [0.3, 0.4) is 0 Å². The fraction of sp³-hybridized carbons (Fsp3) is 0.520. The monoisotopic (exact) mass is 859 g/mol. The topological polar surface area (TPSA) is 148 Å². The molecule has 334 valence electrons. The highest BCUT2D eigenvalue weighted by Crippen LogP contribution is 2.55. The van der Waals surface area contributed by atoms with E-state index < -0.39 is 17.9 Å². The summed E-state index contributed by atoms with van der Waals surface area (Å²) in [7, 11) is 1.49. The van der Waals surface area contributed by atoms with Crippen LogP contribution >= 0.6 is 0 Å². The molecule has 4 amide bonds. The quantitative estimate of drug-likeness (QED) is 0.162. The van der Waals surface area contributed by atoms with Gasteiger partial charge in [0.25, 0.3) is 11.8 Å². The number of morpholine rings is 1. The van der Waals surface area contributed by atoms with E-state index in [9.17, 15) is 19.2 Å². The van der Waals surface area contributed by atoms with Crippen molar-refractivity contribution in [3.8, 4) is 29.6 Å². The predicted octanol–water partition coefficient (Wildman–Crippen LogP) is 5.72. The Kier molecular flexibility index (Phi) is 12.0. The molecule has 3 aromatic carbocycles. The Morgan fingerprint density at radius 1 is 0.873 bits per heavy atom. The standard InChI is InChI=1S/C50H61N5O8/c1-9-38-30(2)24-36(25-31(38)3)63-47-48(4,5)46(49(47,6)7)53-43(57)32-10-12-33(13-11-32)54-20-18-50(19-21-54)29-55(22-23-61-50)34-26-37(27-34)62-35-14-15-39(41(28-35)60-8)44(58)51-40-16-17-42(56)52-45(40)59/h1,10-15,24-25,28,34,37,40,46-47H,16-23,26-27,29H2,2-8H3,(H,51,58)(H,53,57)(H,52,56,59)/t34?,37?,40-,46?,47?/m0/s1. The van der Waals surface area contributed by atoms with Crippen LogP contribution < -0.4 is 35.1 Å². The molecule has 2 saturated carbocycles. The molecule has 5 fully saturated rings. The lowest BCUT2D eigenvalue weighted by Gasteiger charge is -2.63. The van der Waals surface area contributed by atoms with E-state index in [-0.39, 0.29) is 59.3 Å². The number of piperidine rings is 2. The molecule has 13 nitrogen and oxygen atoms in total. The zero-order valence-corrected chi connectivity index (χ0v) is 37.6. The van der Waals surface area contributed by atoms with E-state index in [4.69, 9.17) is 25.4 Å². The number of imide groups is 1. The second-order valence-electron chi connectivity index (χ2n) is 19.4. The highest BCUT2D eigenvalue weighted by Gasteiger charge is 2.64. The summed E-state index contributed by atoms with van der Waals surface area (Å²) in [6, 6.07) is 16.6. The smallest absolute Gasteiger partial charge is 0.255 e. The Morgan fingerprint density at radius 3 is 2.19 bits per heavy atom. The number of nitrogens with zero attached hydrogens (tertiary/aromatic N) is 2. The first-order chi connectivity index (χ1) is 30.0. The maximum absolute atomic E-state index is 13.6. The van der Waals surface area contributed by atoms with Gasteiger partial charge in [-0.2, -0.15) is 0 Å². The summed E-state index contributed by atoms with van der Waals surface area (Å²) in [4.78, 5) is 55.2. The number of methoxy groups -OCH3 is 1. The molecule has 3 saturated heterocycles. The van der Waals surface area contributed by atoms with Crippen molar-refractivity contribution in [1.29, 1.82) is 0 Å². The predicted molar refractivity (Wildman–Crippen MR) is 239 cm³/mol. The van der Waals surface area contributed by atoms with Gasteiger partial charge in [0.2, 0.25) is 11.8 Å². The summed E-state index contributed by atoms with van der Waals surface area (Å²) in [6.45, 7) is 16.9. The minimum absolute atomic E-state index is 0.0449. The van der Waals surface area contributed by atoms with Crippen molar-refractivity contribution in [2.75, 3.05) is 44.8 Å². The van der Waals surface area contributed by atoms with Gasteiger partial charge >= 0.3 is 0 Å². The van der Waals surface area contributed by atoms with Crippen LogP contribution in [0.2, 0.25) is 0 Å². The van der Waals surface area contributed by atoms with Crippen molar-refractivity contribution < 1.29 is 38.1 Å². The first kappa shape index (κ1) is 44.0. The molecule has 1 atom stereocenters. The lowest BCUT2D eigenvalue weighted by Crippen LogP contribution is -2.74. The lowest BCUT2D eigenvalue weighted by atomic mass is 9.49. The van der Waals surface area contributed by atoms with Crippen LogP contribution in [-0.4, -0.2) is 104 Å². The fourth-order valence-electron chi connectivity index (χ4n) is 11.0. The number of benzene rings is 3. The van der Waals surface area contributed by atoms with Crippen LogP contribution in [0, 0.1) is 37.0 Å². The molecule has 63 heavy (non-hydrogen) atoms. The van der Waals surface area contributed by atoms with Gasteiger partial charge in [0, 0.05) is 91.2 Å². The number of aryl methyl sites for hydroxylation is 2. The van der Waals surface area contributed by atoms with Crippen molar-refractivity contribution >= 4 is 29.3 Å². The molecule has 8 rings (SSSR count). The van der Waals surface area contributed by atoms with E-state index in [0.717, 1.165) is 80.0 Å². The van der Waals surface area contributed by atoms with Crippen molar-refractivity contribution in [1.82, 2.24) is 20.9 Å². The largest absolute Gasteiger partial charge is 0.496 e. The molecule has 3 aliphatic heterocycles. The average Bonchev–Trinajstić information content (AvgIpc) is 3.24.